The molecule has 0 saturated heterocycles. The minimum atomic E-state index is 0.180. The lowest BCUT2D eigenvalue weighted by atomic mass is 10.1. The highest BCUT2D eigenvalue weighted by molar-refractivity contribution is 5.48. The summed E-state index contributed by atoms with van der Waals surface area (Å²) < 4.78 is 2.10. The number of nitrogens with one attached hydrogen (secondary N) is 1. The average molecular weight is 239 g/mol. The first-order valence-corrected chi connectivity index (χ1v) is 5.78. The molecule has 3 aromatic heterocycles. The fourth-order valence-electron chi connectivity index (χ4n) is 2.00. The molecular weight excluding hydrogens is 226 g/mol. The molecule has 3 rings (SSSR count). The molecule has 1 atom stereocenters. The second-order valence-electron chi connectivity index (χ2n) is 4.09. The van der Waals surface area contributed by atoms with Gasteiger partial charge in [0.05, 0.1) is 18.6 Å². The summed E-state index contributed by atoms with van der Waals surface area (Å²) in [5.74, 6) is 0.879. The van der Waals surface area contributed by atoms with E-state index in [9.17, 15) is 0 Å². The highest BCUT2D eigenvalue weighted by Crippen LogP contribution is 2.23. The molecule has 1 unspecified atom stereocenters. The first kappa shape index (κ1) is 10.7. The Morgan fingerprint density at radius 1 is 1.22 bits per heavy atom. The Kier molecular flexibility index (Phi) is 2.64. The second kappa shape index (κ2) is 4.44. The largest absolute Gasteiger partial charge is 0.342 e. The van der Waals surface area contributed by atoms with Crippen molar-refractivity contribution in [1.82, 2.24) is 24.5 Å². The quantitative estimate of drug-likeness (QED) is 0.762. The minimum absolute atomic E-state index is 0.180. The minimum Gasteiger partial charge on any atom is -0.342 e. The number of H-pyrrole nitrogens is 1. The van der Waals surface area contributed by atoms with Crippen LogP contribution in [0.25, 0.3) is 11.5 Å². The highest BCUT2D eigenvalue weighted by atomic mass is 15.1. The van der Waals surface area contributed by atoms with E-state index in [1.54, 1.807) is 24.9 Å². The molecule has 5 nitrogen and oxygen atoms in total. The molecule has 18 heavy (non-hydrogen) atoms. The van der Waals surface area contributed by atoms with Gasteiger partial charge in [-0.05, 0) is 18.6 Å². The molecule has 0 radical (unpaired) electrons. The van der Waals surface area contributed by atoms with Crippen molar-refractivity contribution in [3.05, 3.63) is 55.0 Å². The van der Waals surface area contributed by atoms with Crippen LogP contribution in [0.2, 0.25) is 0 Å². The number of pyridine rings is 1. The van der Waals surface area contributed by atoms with Crippen LogP contribution in [-0.4, -0.2) is 24.5 Å². The summed E-state index contributed by atoms with van der Waals surface area (Å²) in [6, 6.07) is 4.19. The lowest BCUT2D eigenvalue weighted by Crippen LogP contribution is -2.07. The van der Waals surface area contributed by atoms with Gasteiger partial charge in [0.25, 0.3) is 0 Å². The first-order chi connectivity index (χ1) is 8.86. The number of imidazole rings is 2. The van der Waals surface area contributed by atoms with Gasteiger partial charge in [-0.25, -0.2) is 9.97 Å². The summed E-state index contributed by atoms with van der Waals surface area (Å²) in [6.07, 6.45) is 10.8. The van der Waals surface area contributed by atoms with Gasteiger partial charge in [0, 0.05) is 24.8 Å². The van der Waals surface area contributed by atoms with Crippen LogP contribution < -0.4 is 0 Å². The van der Waals surface area contributed by atoms with E-state index in [2.05, 4.69) is 37.5 Å². The molecule has 3 aromatic rings. The van der Waals surface area contributed by atoms with Crippen LogP contribution in [0, 0.1) is 0 Å². The molecule has 0 spiro atoms. The van der Waals surface area contributed by atoms with Crippen molar-refractivity contribution in [2.24, 2.45) is 0 Å². The van der Waals surface area contributed by atoms with Crippen LogP contribution in [0.5, 0.6) is 0 Å². The molecule has 0 fully saturated rings. The summed E-state index contributed by atoms with van der Waals surface area (Å²) in [4.78, 5) is 15.6. The molecule has 0 aliphatic carbocycles. The van der Waals surface area contributed by atoms with Crippen LogP contribution in [0.1, 0.15) is 18.5 Å². The molecule has 0 saturated carbocycles. The first-order valence-electron chi connectivity index (χ1n) is 5.78. The average Bonchev–Trinajstić information content (AvgIpc) is 3.09. The number of aromatic amines is 1. The van der Waals surface area contributed by atoms with E-state index in [0.717, 1.165) is 17.1 Å². The fraction of sp³-hybridized carbons (Fsp3) is 0.154. The summed E-state index contributed by atoms with van der Waals surface area (Å²) in [5, 5.41) is 0. The van der Waals surface area contributed by atoms with Crippen LogP contribution in [-0.2, 0) is 0 Å². The summed E-state index contributed by atoms with van der Waals surface area (Å²) in [7, 11) is 0. The van der Waals surface area contributed by atoms with Crippen molar-refractivity contribution < 1.29 is 0 Å². The van der Waals surface area contributed by atoms with Gasteiger partial charge in [-0.3, -0.25) is 4.98 Å². The lowest BCUT2D eigenvalue weighted by Gasteiger charge is -2.15. The Labute approximate surface area is 105 Å². The predicted molar refractivity (Wildman–Crippen MR) is 67.9 cm³/mol. The Bertz CT molecular complexity index is 612. The number of aromatic nitrogens is 5. The van der Waals surface area contributed by atoms with Crippen LogP contribution >= 0.6 is 0 Å². The van der Waals surface area contributed by atoms with E-state index < -0.39 is 0 Å². The van der Waals surface area contributed by atoms with Gasteiger partial charge in [0.1, 0.15) is 5.69 Å². The maximum atomic E-state index is 4.38. The zero-order chi connectivity index (χ0) is 12.4. The Morgan fingerprint density at radius 3 is 2.89 bits per heavy atom. The zero-order valence-corrected chi connectivity index (χ0v) is 9.99. The van der Waals surface area contributed by atoms with Crippen molar-refractivity contribution in [2.75, 3.05) is 0 Å². The third kappa shape index (κ3) is 1.79. The maximum Gasteiger partial charge on any atom is 0.158 e. The normalized spacial score (nSPS) is 12.5. The topological polar surface area (TPSA) is 59.4 Å². The molecule has 5 heteroatoms. The van der Waals surface area contributed by atoms with Crippen molar-refractivity contribution >= 4 is 0 Å². The maximum absolute atomic E-state index is 4.38. The van der Waals surface area contributed by atoms with Gasteiger partial charge in [0.2, 0.25) is 0 Å². The van der Waals surface area contributed by atoms with Crippen molar-refractivity contribution in [1.29, 1.82) is 0 Å². The Morgan fingerprint density at radius 2 is 2.17 bits per heavy atom. The van der Waals surface area contributed by atoms with E-state index >= 15 is 0 Å². The number of hydrogen-bond acceptors (Lipinski definition) is 3. The standard InChI is InChI=1S/C13H13N5/c1-10(11-3-2-4-14-7-11)18-6-5-16-13(18)12-8-15-9-17-12/h2-10H,1H3,(H,15,17). The Balaban J connectivity index is 2.01. The molecule has 0 amide bonds. The second-order valence-corrected chi connectivity index (χ2v) is 4.09. The van der Waals surface area contributed by atoms with Gasteiger partial charge in [-0.15, -0.1) is 0 Å². The van der Waals surface area contributed by atoms with E-state index in [4.69, 9.17) is 0 Å². The SMILES string of the molecule is CC(c1cccnc1)n1ccnc1-c1cnc[nH]1. The zero-order valence-electron chi connectivity index (χ0n) is 9.99. The molecule has 1 N–H and O–H groups in total. The van der Waals surface area contributed by atoms with Crippen molar-refractivity contribution in [2.45, 2.75) is 13.0 Å². The van der Waals surface area contributed by atoms with Crippen LogP contribution in [0.4, 0.5) is 0 Å². The molecule has 0 aliphatic rings. The molecule has 0 bridgehead atoms. The molecule has 3 heterocycles. The fourth-order valence-corrected chi connectivity index (χ4v) is 2.00. The summed E-state index contributed by atoms with van der Waals surface area (Å²) in [5.41, 5.74) is 2.06. The van der Waals surface area contributed by atoms with Gasteiger partial charge in [-0.1, -0.05) is 6.07 Å². The predicted octanol–water partition coefficient (Wildman–Crippen LogP) is 2.28. The van der Waals surface area contributed by atoms with Gasteiger partial charge in [0.15, 0.2) is 5.82 Å². The number of hydrogen-bond donors (Lipinski definition) is 1. The monoisotopic (exact) mass is 239 g/mol. The van der Waals surface area contributed by atoms with Gasteiger partial charge in [-0.2, -0.15) is 0 Å². The van der Waals surface area contributed by atoms with Crippen LogP contribution in [0.15, 0.2) is 49.4 Å². The smallest absolute Gasteiger partial charge is 0.158 e. The summed E-state index contributed by atoms with van der Waals surface area (Å²) in [6.45, 7) is 2.12. The summed E-state index contributed by atoms with van der Waals surface area (Å²) >= 11 is 0. The van der Waals surface area contributed by atoms with Crippen LogP contribution in [0.3, 0.4) is 0 Å². The van der Waals surface area contributed by atoms with E-state index in [1.165, 1.54) is 0 Å². The van der Waals surface area contributed by atoms with Gasteiger partial charge < -0.3 is 9.55 Å². The number of rotatable bonds is 3. The molecule has 0 aromatic carbocycles. The van der Waals surface area contributed by atoms with E-state index in [1.807, 2.05) is 18.5 Å². The third-order valence-corrected chi connectivity index (χ3v) is 2.99. The molecule has 90 valence electrons. The van der Waals surface area contributed by atoms with Gasteiger partial charge >= 0.3 is 0 Å². The van der Waals surface area contributed by atoms with Crippen molar-refractivity contribution in [3.63, 3.8) is 0 Å². The van der Waals surface area contributed by atoms with E-state index in [-0.39, 0.29) is 6.04 Å². The lowest BCUT2D eigenvalue weighted by molar-refractivity contribution is 0.642. The van der Waals surface area contributed by atoms with Crippen molar-refractivity contribution in [3.8, 4) is 11.5 Å². The third-order valence-electron chi connectivity index (χ3n) is 2.99. The molecule has 0 aliphatic heterocycles. The Hall–Kier alpha value is -2.43. The highest BCUT2D eigenvalue weighted by Gasteiger charge is 2.14. The van der Waals surface area contributed by atoms with E-state index in [0.29, 0.717) is 0 Å². The number of nitrogens with zero attached hydrogens (tertiary/aromatic N) is 4. The molecular formula is C13H13N5.